The minimum Gasteiger partial charge on any atom is -0.377 e. The Morgan fingerprint density at radius 2 is 1.90 bits per heavy atom. The predicted molar refractivity (Wildman–Crippen MR) is 101 cm³/mol. The van der Waals surface area contributed by atoms with Crippen LogP contribution in [0.2, 0.25) is 0 Å². The number of likely N-dealkylation sites (tertiary alicyclic amines) is 1. The first kappa shape index (κ1) is 20.9. The number of hydrogen-bond donors (Lipinski definition) is 2. The van der Waals surface area contributed by atoms with Crippen LogP contribution in [0.1, 0.15) is 40.0 Å². The van der Waals surface area contributed by atoms with Crippen molar-refractivity contribution in [3.63, 3.8) is 0 Å². The average Bonchev–Trinajstić information content (AvgIpc) is 2.94. The number of hydrogen-bond acceptors (Lipinski definition) is 3. The molecule has 1 rings (SSSR count). The highest BCUT2D eigenvalue weighted by atomic mass is 127. The Kier molecular flexibility index (Phi) is 11.4. The summed E-state index contributed by atoms with van der Waals surface area (Å²) in [6.07, 6.45) is 3.89. The van der Waals surface area contributed by atoms with E-state index >= 15 is 0 Å². The molecule has 0 amide bonds. The summed E-state index contributed by atoms with van der Waals surface area (Å²) in [4.78, 5) is 7.12. The third kappa shape index (κ3) is 9.52. The van der Waals surface area contributed by atoms with E-state index in [4.69, 9.17) is 4.74 Å². The van der Waals surface area contributed by atoms with Gasteiger partial charge in [0.15, 0.2) is 5.96 Å². The molecule has 0 aliphatic carbocycles. The van der Waals surface area contributed by atoms with Gasteiger partial charge < -0.3 is 20.3 Å². The summed E-state index contributed by atoms with van der Waals surface area (Å²) in [6, 6.07) is 0. The molecule has 0 aromatic carbocycles. The lowest BCUT2D eigenvalue weighted by Gasteiger charge is -2.21. The molecule has 0 unspecified atom stereocenters. The monoisotopic (exact) mass is 412 g/mol. The van der Waals surface area contributed by atoms with Crippen LogP contribution in [0.4, 0.5) is 0 Å². The van der Waals surface area contributed by atoms with Crippen LogP contribution in [0.15, 0.2) is 4.99 Å². The van der Waals surface area contributed by atoms with Crippen LogP contribution < -0.4 is 10.6 Å². The van der Waals surface area contributed by atoms with Gasteiger partial charge in [0.2, 0.25) is 0 Å². The number of aliphatic imine (C=N–C) groups is 1. The first-order valence-corrected chi connectivity index (χ1v) is 7.87. The molecule has 0 spiro atoms. The molecule has 2 N–H and O–H groups in total. The fourth-order valence-corrected chi connectivity index (χ4v) is 2.19. The fourth-order valence-electron chi connectivity index (χ4n) is 2.19. The molecular weight excluding hydrogens is 379 g/mol. The standard InChI is InChI=1S/C15H32N4O.HI/c1-5-16-14(18-13-15(2,3)20-4)17-9-8-12-19-10-6-7-11-19;/h5-13H2,1-4H3,(H2,16,17,18);1H. The normalized spacial score (nSPS) is 16.7. The number of nitrogens with one attached hydrogen (secondary N) is 2. The smallest absolute Gasteiger partial charge is 0.191 e. The summed E-state index contributed by atoms with van der Waals surface area (Å²) in [5, 5.41) is 6.68. The molecular formula is C15H33IN4O. The zero-order valence-corrected chi connectivity index (χ0v) is 16.4. The maximum atomic E-state index is 5.39. The van der Waals surface area contributed by atoms with Crippen LogP contribution >= 0.6 is 24.0 Å². The van der Waals surface area contributed by atoms with Crippen molar-refractivity contribution in [1.29, 1.82) is 0 Å². The first-order chi connectivity index (χ1) is 9.57. The Hall–Kier alpha value is -0.0800. The summed E-state index contributed by atoms with van der Waals surface area (Å²) in [6.45, 7) is 12.4. The van der Waals surface area contributed by atoms with Crippen LogP contribution in [0, 0.1) is 0 Å². The quantitative estimate of drug-likeness (QED) is 0.277. The van der Waals surface area contributed by atoms with Crippen molar-refractivity contribution in [3.8, 4) is 0 Å². The summed E-state index contributed by atoms with van der Waals surface area (Å²) in [5.74, 6) is 0.888. The van der Waals surface area contributed by atoms with Crippen LogP contribution in [0.3, 0.4) is 0 Å². The molecule has 1 saturated heterocycles. The number of nitrogens with zero attached hydrogens (tertiary/aromatic N) is 2. The number of methoxy groups -OCH3 is 1. The molecule has 21 heavy (non-hydrogen) atoms. The second-order valence-corrected chi connectivity index (χ2v) is 5.99. The molecule has 0 aromatic heterocycles. The van der Waals surface area contributed by atoms with Gasteiger partial charge in [0.05, 0.1) is 12.1 Å². The number of halogens is 1. The number of ether oxygens (including phenoxy) is 1. The Balaban J connectivity index is 0.00000400. The Morgan fingerprint density at radius 1 is 1.24 bits per heavy atom. The zero-order chi connectivity index (χ0) is 14.8. The third-order valence-electron chi connectivity index (χ3n) is 3.66. The van der Waals surface area contributed by atoms with Gasteiger partial charge in [-0.1, -0.05) is 0 Å². The Bertz CT molecular complexity index is 291. The van der Waals surface area contributed by atoms with Gasteiger partial charge in [0.1, 0.15) is 0 Å². The molecule has 126 valence electrons. The highest BCUT2D eigenvalue weighted by molar-refractivity contribution is 14.0. The van der Waals surface area contributed by atoms with Crippen molar-refractivity contribution in [2.45, 2.75) is 45.6 Å². The maximum absolute atomic E-state index is 5.39. The van der Waals surface area contributed by atoms with E-state index in [1.165, 1.54) is 32.5 Å². The van der Waals surface area contributed by atoms with Gasteiger partial charge in [-0.15, -0.1) is 24.0 Å². The van der Waals surface area contributed by atoms with Crippen molar-refractivity contribution in [3.05, 3.63) is 0 Å². The highest BCUT2D eigenvalue weighted by Gasteiger charge is 2.15. The molecule has 0 aromatic rings. The lowest BCUT2D eigenvalue weighted by molar-refractivity contribution is 0.0310. The van der Waals surface area contributed by atoms with Crippen LogP contribution in [0.25, 0.3) is 0 Å². The van der Waals surface area contributed by atoms with E-state index in [0.717, 1.165) is 25.5 Å². The fraction of sp³-hybridized carbons (Fsp3) is 0.933. The molecule has 0 saturated carbocycles. The van der Waals surface area contributed by atoms with E-state index in [9.17, 15) is 0 Å². The van der Waals surface area contributed by atoms with Gasteiger partial charge in [-0.2, -0.15) is 0 Å². The van der Waals surface area contributed by atoms with E-state index in [-0.39, 0.29) is 29.6 Å². The van der Waals surface area contributed by atoms with E-state index in [0.29, 0.717) is 6.54 Å². The van der Waals surface area contributed by atoms with Crippen molar-refractivity contribution in [2.24, 2.45) is 4.99 Å². The largest absolute Gasteiger partial charge is 0.377 e. The molecule has 0 radical (unpaired) electrons. The molecule has 0 bridgehead atoms. The topological polar surface area (TPSA) is 48.9 Å². The SMILES string of the molecule is CCNC(=NCC(C)(C)OC)NCCCN1CCCC1.I. The van der Waals surface area contributed by atoms with E-state index in [1.54, 1.807) is 7.11 Å². The summed E-state index contributed by atoms with van der Waals surface area (Å²) >= 11 is 0. The summed E-state index contributed by atoms with van der Waals surface area (Å²) < 4.78 is 5.39. The predicted octanol–water partition coefficient (Wildman–Crippen LogP) is 2.07. The molecule has 0 atom stereocenters. The molecule has 1 aliphatic heterocycles. The lowest BCUT2D eigenvalue weighted by Crippen LogP contribution is -2.40. The average molecular weight is 412 g/mol. The number of guanidine groups is 1. The minimum absolute atomic E-state index is 0. The molecule has 1 heterocycles. The van der Waals surface area contributed by atoms with Gasteiger partial charge in [0.25, 0.3) is 0 Å². The maximum Gasteiger partial charge on any atom is 0.191 e. The Labute approximate surface area is 147 Å². The number of rotatable bonds is 8. The van der Waals surface area contributed by atoms with Gasteiger partial charge in [0, 0.05) is 20.2 Å². The van der Waals surface area contributed by atoms with Crippen LogP contribution in [-0.2, 0) is 4.74 Å². The molecule has 6 heteroatoms. The minimum atomic E-state index is -0.210. The summed E-state index contributed by atoms with van der Waals surface area (Å²) in [5.41, 5.74) is -0.210. The van der Waals surface area contributed by atoms with Gasteiger partial charge in [-0.3, -0.25) is 4.99 Å². The van der Waals surface area contributed by atoms with Gasteiger partial charge >= 0.3 is 0 Å². The zero-order valence-electron chi connectivity index (χ0n) is 14.1. The van der Waals surface area contributed by atoms with E-state index in [2.05, 4.69) is 27.4 Å². The van der Waals surface area contributed by atoms with Gasteiger partial charge in [-0.05, 0) is 59.7 Å². The highest BCUT2D eigenvalue weighted by Crippen LogP contribution is 2.07. The van der Waals surface area contributed by atoms with E-state index < -0.39 is 0 Å². The van der Waals surface area contributed by atoms with Crippen molar-refractivity contribution in [1.82, 2.24) is 15.5 Å². The third-order valence-corrected chi connectivity index (χ3v) is 3.66. The molecule has 1 fully saturated rings. The van der Waals surface area contributed by atoms with Crippen LogP contribution in [0.5, 0.6) is 0 Å². The molecule has 1 aliphatic rings. The van der Waals surface area contributed by atoms with Crippen molar-refractivity contribution >= 4 is 29.9 Å². The van der Waals surface area contributed by atoms with Crippen LogP contribution in [-0.4, -0.2) is 62.8 Å². The molecule has 5 nitrogen and oxygen atoms in total. The lowest BCUT2D eigenvalue weighted by atomic mass is 10.1. The first-order valence-electron chi connectivity index (χ1n) is 7.87. The van der Waals surface area contributed by atoms with E-state index in [1.807, 2.05) is 13.8 Å². The Morgan fingerprint density at radius 3 is 2.48 bits per heavy atom. The summed E-state index contributed by atoms with van der Waals surface area (Å²) in [7, 11) is 1.73. The second-order valence-electron chi connectivity index (χ2n) is 5.99. The van der Waals surface area contributed by atoms with Crippen molar-refractivity contribution in [2.75, 3.05) is 46.4 Å². The van der Waals surface area contributed by atoms with Crippen molar-refractivity contribution < 1.29 is 4.74 Å². The van der Waals surface area contributed by atoms with Gasteiger partial charge in [-0.25, -0.2) is 0 Å². The second kappa shape index (κ2) is 11.5.